The molecule has 1 amide bonds. The Bertz CT molecular complexity index is 654. The number of nitrogens with zero attached hydrogens (tertiary/aromatic N) is 3. The van der Waals surface area contributed by atoms with Crippen LogP contribution in [0.5, 0.6) is 0 Å². The molecule has 0 unspecified atom stereocenters. The predicted molar refractivity (Wildman–Crippen MR) is 88.9 cm³/mol. The number of amides is 1. The zero-order valence-electron chi connectivity index (χ0n) is 12.7. The van der Waals surface area contributed by atoms with Gasteiger partial charge in [-0.1, -0.05) is 30.3 Å². The number of carbonyl (C=O) groups is 1. The lowest BCUT2D eigenvalue weighted by Gasteiger charge is -2.19. The second-order valence-corrected chi connectivity index (χ2v) is 5.35. The molecule has 1 aliphatic rings. The van der Waals surface area contributed by atoms with Crippen LogP contribution in [0.4, 0.5) is 0 Å². The highest BCUT2D eigenvalue weighted by molar-refractivity contribution is 5.85. The maximum Gasteiger partial charge on any atom is 0.236 e. The van der Waals surface area contributed by atoms with Gasteiger partial charge in [0, 0.05) is 43.4 Å². The molecule has 3 rings (SSSR count). The fraction of sp³-hybridized carbons (Fsp3) is 0.375. The molecule has 5 nitrogen and oxygen atoms in total. The van der Waals surface area contributed by atoms with Gasteiger partial charge in [0.05, 0.1) is 12.2 Å². The first-order valence-corrected chi connectivity index (χ1v) is 7.28. The number of fused-ring (bicyclic) bond motifs is 1. The molecule has 0 aliphatic carbocycles. The van der Waals surface area contributed by atoms with E-state index in [0.717, 1.165) is 30.6 Å². The fourth-order valence-electron chi connectivity index (χ4n) is 2.98. The summed E-state index contributed by atoms with van der Waals surface area (Å²) in [6, 6.07) is 10.2. The largest absolute Gasteiger partial charge is 0.341 e. The van der Waals surface area contributed by atoms with Gasteiger partial charge in [-0.3, -0.25) is 9.48 Å². The van der Waals surface area contributed by atoms with Crippen LogP contribution in [-0.2, 0) is 24.7 Å². The summed E-state index contributed by atoms with van der Waals surface area (Å²) in [6.45, 7) is 1.52. The van der Waals surface area contributed by atoms with Crippen molar-refractivity contribution in [1.29, 1.82) is 0 Å². The third-order valence-corrected chi connectivity index (χ3v) is 4.10. The molecule has 2 aromatic rings. The average Bonchev–Trinajstić information content (AvgIpc) is 2.71. The van der Waals surface area contributed by atoms with E-state index in [0.29, 0.717) is 6.54 Å². The van der Waals surface area contributed by atoms with E-state index in [2.05, 4.69) is 17.2 Å². The molecule has 22 heavy (non-hydrogen) atoms. The van der Waals surface area contributed by atoms with Gasteiger partial charge >= 0.3 is 0 Å². The molecule has 0 bridgehead atoms. The second kappa shape index (κ2) is 6.94. The number of halogens is 1. The van der Waals surface area contributed by atoms with Crippen molar-refractivity contribution >= 4 is 18.3 Å². The molecule has 6 heteroatoms. The molecular weight excluding hydrogens is 300 g/mol. The summed E-state index contributed by atoms with van der Waals surface area (Å²) in [5, 5.41) is 4.68. The number of aryl methyl sites for hydroxylation is 1. The van der Waals surface area contributed by atoms with Crippen molar-refractivity contribution in [2.45, 2.75) is 12.8 Å². The van der Waals surface area contributed by atoms with E-state index < -0.39 is 0 Å². The van der Waals surface area contributed by atoms with Gasteiger partial charge in [-0.15, -0.1) is 12.4 Å². The van der Waals surface area contributed by atoms with E-state index in [1.165, 1.54) is 11.3 Å². The summed E-state index contributed by atoms with van der Waals surface area (Å²) in [4.78, 5) is 13.7. The Morgan fingerprint density at radius 2 is 1.91 bits per heavy atom. The number of aromatic nitrogens is 2. The van der Waals surface area contributed by atoms with Crippen LogP contribution in [0.3, 0.4) is 0 Å². The zero-order valence-corrected chi connectivity index (χ0v) is 13.5. The predicted octanol–water partition coefficient (Wildman–Crippen LogP) is 1.39. The quantitative estimate of drug-likeness (QED) is 0.909. The van der Waals surface area contributed by atoms with E-state index in [-0.39, 0.29) is 24.9 Å². The highest BCUT2D eigenvalue weighted by Crippen LogP contribution is 2.27. The summed E-state index contributed by atoms with van der Waals surface area (Å²) in [5.74, 6) is 0.0250. The summed E-state index contributed by atoms with van der Waals surface area (Å²) < 4.78 is 1.95. The van der Waals surface area contributed by atoms with Crippen LogP contribution in [0.1, 0.15) is 11.3 Å². The van der Waals surface area contributed by atoms with E-state index >= 15 is 0 Å². The molecule has 1 aliphatic heterocycles. The number of rotatable bonds is 2. The molecule has 0 fully saturated rings. The minimum atomic E-state index is 0. The maximum absolute atomic E-state index is 11.8. The van der Waals surface area contributed by atoms with Gasteiger partial charge in [0.15, 0.2) is 0 Å². The lowest BCUT2D eigenvalue weighted by molar-refractivity contribution is -0.129. The first kappa shape index (κ1) is 16.5. The average molecular weight is 321 g/mol. The first-order valence-electron chi connectivity index (χ1n) is 7.28. The molecule has 0 spiro atoms. The minimum absolute atomic E-state index is 0. The van der Waals surface area contributed by atoms with Gasteiger partial charge in [0.2, 0.25) is 5.91 Å². The Hall–Kier alpha value is -1.85. The Kier molecular flexibility index (Phi) is 5.21. The van der Waals surface area contributed by atoms with Gasteiger partial charge in [-0.25, -0.2) is 0 Å². The second-order valence-electron chi connectivity index (χ2n) is 5.35. The van der Waals surface area contributed by atoms with Crippen LogP contribution < -0.4 is 5.73 Å². The van der Waals surface area contributed by atoms with Gasteiger partial charge in [-0.2, -0.15) is 5.10 Å². The van der Waals surface area contributed by atoms with Crippen LogP contribution in [0.15, 0.2) is 30.3 Å². The smallest absolute Gasteiger partial charge is 0.236 e. The number of benzene rings is 1. The molecule has 2 heterocycles. The normalized spacial score (nSPS) is 14.0. The van der Waals surface area contributed by atoms with E-state index in [1.807, 2.05) is 34.8 Å². The highest BCUT2D eigenvalue weighted by Gasteiger charge is 2.23. The van der Waals surface area contributed by atoms with Crippen LogP contribution in [0.2, 0.25) is 0 Å². The maximum atomic E-state index is 11.8. The van der Waals surface area contributed by atoms with E-state index in [4.69, 9.17) is 5.73 Å². The zero-order chi connectivity index (χ0) is 14.8. The molecule has 2 N–H and O–H groups in total. The van der Waals surface area contributed by atoms with Crippen LogP contribution in [0, 0.1) is 0 Å². The Morgan fingerprint density at radius 1 is 1.23 bits per heavy atom. The van der Waals surface area contributed by atoms with Gasteiger partial charge in [-0.05, 0) is 6.42 Å². The van der Waals surface area contributed by atoms with Crippen molar-refractivity contribution in [2.75, 3.05) is 19.6 Å². The van der Waals surface area contributed by atoms with Crippen molar-refractivity contribution in [3.63, 3.8) is 0 Å². The van der Waals surface area contributed by atoms with Crippen LogP contribution >= 0.6 is 12.4 Å². The topological polar surface area (TPSA) is 64.2 Å². The highest BCUT2D eigenvalue weighted by atomic mass is 35.5. The van der Waals surface area contributed by atoms with Crippen molar-refractivity contribution < 1.29 is 4.79 Å². The minimum Gasteiger partial charge on any atom is -0.341 e. The number of nitrogens with two attached hydrogens (primary N) is 1. The summed E-state index contributed by atoms with van der Waals surface area (Å²) in [7, 11) is 1.98. The molecule has 118 valence electrons. The Morgan fingerprint density at radius 3 is 2.59 bits per heavy atom. The molecule has 1 aromatic carbocycles. The number of hydrogen-bond acceptors (Lipinski definition) is 3. The van der Waals surface area contributed by atoms with E-state index in [1.54, 1.807) is 0 Å². The third kappa shape index (κ3) is 3.00. The molecule has 0 saturated heterocycles. The monoisotopic (exact) mass is 320 g/mol. The number of carbonyl (C=O) groups excluding carboxylic acids is 1. The number of hydrogen-bond donors (Lipinski definition) is 1. The molecule has 1 aromatic heterocycles. The van der Waals surface area contributed by atoms with Gasteiger partial charge in [0.25, 0.3) is 0 Å². The fourth-order valence-corrected chi connectivity index (χ4v) is 2.98. The lowest BCUT2D eigenvalue weighted by Crippen LogP contribution is -2.37. The lowest BCUT2D eigenvalue weighted by atomic mass is 10.0. The molecule has 0 atom stereocenters. The van der Waals surface area contributed by atoms with Gasteiger partial charge in [0.1, 0.15) is 0 Å². The summed E-state index contributed by atoms with van der Waals surface area (Å²) in [6.07, 6.45) is 1.66. The van der Waals surface area contributed by atoms with E-state index in [9.17, 15) is 4.79 Å². The van der Waals surface area contributed by atoms with Crippen LogP contribution in [0.25, 0.3) is 11.3 Å². The van der Waals surface area contributed by atoms with Crippen molar-refractivity contribution in [3.05, 3.63) is 41.6 Å². The molecular formula is C16H21ClN4O. The Balaban J connectivity index is 0.00000176. The van der Waals surface area contributed by atoms with Gasteiger partial charge < -0.3 is 10.6 Å². The third-order valence-electron chi connectivity index (χ3n) is 4.10. The summed E-state index contributed by atoms with van der Waals surface area (Å²) >= 11 is 0. The first-order chi connectivity index (χ1) is 10.2. The van der Waals surface area contributed by atoms with Crippen molar-refractivity contribution in [3.8, 4) is 11.3 Å². The van der Waals surface area contributed by atoms with Crippen LogP contribution in [-0.4, -0.2) is 40.2 Å². The SMILES string of the molecule is Cl.Cn1nc(-c2ccccc2)c2c1CCN(C(=O)CN)CC2. The summed E-state index contributed by atoms with van der Waals surface area (Å²) in [5.41, 5.74) is 10.1. The Labute approximate surface area is 136 Å². The molecule has 0 saturated carbocycles. The van der Waals surface area contributed by atoms with Crippen molar-refractivity contribution in [2.24, 2.45) is 12.8 Å². The van der Waals surface area contributed by atoms with Crippen molar-refractivity contribution in [1.82, 2.24) is 14.7 Å². The molecule has 0 radical (unpaired) electrons. The standard InChI is InChI=1S/C16H20N4O.ClH/c1-19-14-8-10-20(15(21)11-17)9-7-13(14)16(18-19)12-5-3-2-4-6-12;/h2-6H,7-11,17H2,1H3;1H.